The highest BCUT2D eigenvalue weighted by Gasteiger charge is 2.47. The maximum atomic E-state index is 13.0. The molecular weight excluding hydrogens is 260 g/mol. The smallest absolute Gasteiger partial charge is 0.243 e. The Morgan fingerprint density at radius 3 is 2.17 bits per heavy atom. The Morgan fingerprint density at radius 2 is 1.78 bits per heavy atom. The second kappa shape index (κ2) is 5.41. The Kier molecular flexibility index (Phi) is 4.76. The summed E-state index contributed by atoms with van der Waals surface area (Å²) >= 11 is 6.22. The summed E-state index contributed by atoms with van der Waals surface area (Å²) in [5.74, 6) is -1.22. The lowest BCUT2D eigenvalue weighted by molar-refractivity contribution is -0.131. The van der Waals surface area contributed by atoms with Crippen molar-refractivity contribution < 1.29 is 13.6 Å². The van der Waals surface area contributed by atoms with E-state index in [0.29, 0.717) is 0 Å². The number of nitrogens with one attached hydrogen (secondary N) is 1. The van der Waals surface area contributed by atoms with Crippen molar-refractivity contribution in [3.05, 3.63) is 0 Å². The summed E-state index contributed by atoms with van der Waals surface area (Å²) in [6.45, 7) is 8.84. The van der Waals surface area contributed by atoms with Crippen LogP contribution in [0.4, 0.5) is 8.78 Å². The molecule has 5 atom stereocenters. The number of hydrogen-bond acceptors (Lipinski definition) is 2. The van der Waals surface area contributed by atoms with Gasteiger partial charge in [0.25, 0.3) is 0 Å². The van der Waals surface area contributed by atoms with Crippen LogP contribution in [0.2, 0.25) is 0 Å². The van der Waals surface area contributed by atoms with Crippen LogP contribution < -0.4 is 5.32 Å². The lowest BCUT2D eigenvalue weighted by atomic mass is 9.74. The van der Waals surface area contributed by atoms with E-state index in [9.17, 15) is 13.6 Å². The second-order valence-electron chi connectivity index (χ2n) is 6.26. The topological polar surface area (TPSA) is 29.1 Å². The van der Waals surface area contributed by atoms with E-state index in [1.54, 1.807) is 13.8 Å². The fourth-order valence-electron chi connectivity index (χ4n) is 2.59. The van der Waals surface area contributed by atoms with Gasteiger partial charge in [-0.15, -0.1) is 11.6 Å². The summed E-state index contributed by atoms with van der Waals surface area (Å²) in [5, 5.41) is 2.38. The molecule has 1 fully saturated rings. The van der Waals surface area contributed by atoms with Gasteiger partial charge in [-0.3, -0.25) is 4.79 Å². The van der Waals surface area contributed by atoms with Crippen molar-refractivity contribution in [3.63, 3.8) is 0 Å². The molecule has 0 aromatic heterocycles. The fraction of sp³-hybridized carbons (Fsp3) is 0.923. The number of halogens is 3. The zero-order valence-electron chi connectivity index (χ0n) is 11.5. The Labute approximate surface area is 112 Å². The molecular formula is C13H22ClF2NO. The van der Waals surface area contributed by atoms with Crippen molar-refractivity contribution in [1.82, 2.24) is 5.32 Å². The Morgan fingerprint density at radius 1 is 1.28 bits per heavy atom. The molecule has 0 bridgehead atoms. The van der Waals surface area contributed by atoms with Crippen LogP contribution in [0.25, 0.3) is 0 Å². The van der Waals surface area contributed by atoms with Crippen LogP contribution in [0, 0.1) is 17.3 Å². The van der Waals surface area contributed by atoms with Gasteiger partial charge in [-0.25, -0.2) is 8.78 Å². The predicted octanol–water partition coefficient (Wildman–Crippen LogP) is 3.09. The molecule has 18 heavy (non-hydrogen) atoms. The monoisotopic (exact) mass is 281 g/mol. The van der Waals surface area contributed by atoms with E-state index in [4.69, 9.17) is 11.6 Å². The summed E-state index contributed by atoms with van der Waals surface area (Å²) in [5.41, 5.74) is -0.526. The van der Waals surface area contributed by atoms with E-state index in [-0.39, 0.29) is 11.7 Å². The number of rotatable bonds is 2. The SMILES string of the molecule is CC1NC(C(=O)C(C)(C)C)C(Cl)C(C)C1C(F)F. The van der Waals surface area contributed by atoms with Crippen LogP contribution in [0.1, 0.15) is 34.6 Å². The highest BCUT2D eigenvalue weighted by molar-refractivity contribution is 6.23. The van der Waals surface area contributed by atoms with Crippen molar-refractivity contribution in [2.75, 3.05) is 0 Å². The molecule has 1 heterocycles. The molecule has 0 radical (unpaired) electrons. The van der Waals surface area contributed by atoms with Gasteiger partial charge in [0.1, 0.15) is 0 Å². The molecule has 1 rings (SSSR count). The van der Waals surface area contributed by atoms with Crippen LogP contribution in [0.15, 0.2) is 0 Å². The van der Waals surface area contributed by atoms with Gasteiger partial charge < -0.3 is 5.32 Å². The number of carbonyl (C=O) groups is 1. The van der Waals surface area contributed by atoms with Gasteiger partial charge in [0.05, 0.1) is 11.4 Å². The Balaban J connectivity index is 2.92. The molecule has 0 aliphatic carbocycles. The minimum absolute atomic E-state index is 0.0195. The molecule has 0 spiro atoms. The summed E-state index contributed by atoms with van der Waals surface area (Å²) in [6, 6.07) is -0.960. The summed E-state index contributed by atoms with van der Waals surface area (Å²) in [6.07, 6.45) is -2.42. The average Bonchev–Trinajstić information content (AvgIpc) is 2.20. The highest BCUT2D eigenvalue weighted by Crippen LogP contribution is 2.36. The first-order chi connectivity index (χ1) is 8.07. The molecule has 1 N–H and O–H groups in total. The standard InChI is InChI=1S/C13H22ClF2NO/c1-6-8(12(15)16)7(2)17-10(9(6)14)11(18)13(3,4)5/h6-10,12,17H,1-5H3. The fourth-order valence-corrected chi connectivity index (χ4v) is 2.95. The quantitative estimate of drug-likeness (QED) is 0.788. The van der Waals surface area contributed by atoms with Gasteiger partial charge in [-0.2, -0.15) is 0 Å². The molecule has 0 aromatic carbocycles. The number of piperidine rings is 1. The van der Waals surface area contributed by atoms with Crippen LogP contribution in [0.3, 0.4) is 0 Å². The molecule has 0 amide bonds. The highest BCUT2D eigenvalue weighted by atomic mass is 35.5. The van der Waals surface area contributed by atoms with E-state index >= 15 is 0 Å². The molecule has 106 valence electrons. The first-order valence-corrected chi connectivity index (χ1v) is 6.73. The third-order valence-corrected chi connectivity index (χ3v) is 4.41. The van der Waals surface area contributed by atoms with Gasteiger partial charge in [0.15, 0.2) is 5.78 Å². The Hall–Kier alpha value is -0.220. The predicted molar refractivity (Wildman–Crippen MR) is 69.1 cm³/mol. The number of hydrogen-bond donors (Lipinski definition) is 1. The molecule has 2 nitrogen and oxygen atoms in total. The second-order valence-corrected chi connectivity index (χ2v) is 6.77. The average molecular weight is 282 g/mol. The van der Waals surface area contributed by atoms with E-state index in [1.165, 1.54) is 0 Å². The van der Waals surface area contributed by atoms with Gasteiger partial charge in [-0.05, 0) is 12.8 Å². The number of alkyl halides is 3. The van der Waals surface area contributed by atoms with Crippen molar-refractivity contribution in [3.8, 4) is 0 Å². The first kappa shape index (κ1) is 15.8. The first-order valence-electron chi connectivity index (χ1n) is 6.30. The van der Waals surface area contributed by atoms with Crippen LogP contribution in [0.5, 0.6) is 0 Å². The van der Waals surface area contributed by atoms with Crippen molar-refractivity contribution in [2.24, 2.45) is 17.3 Å². The van der Waals surface area contributed by atoms with Gasteiger partial charge in [-0.1, -0.05) is 27.7 Å². The molecule has 0 saturated carbocycles. The maximum absolute atomic E-state index is 13.0. The summed E-state index contributed by atoms with van der Waals surface area (Å²) in [4.78, 5) is 12.3. The summed E-state index contributed by atoms with van der Waals surface area (Å²) < 4.78 is 25.9. The molecule has 5 unspecified atom stereocenters. The van der Waals surface area contributed by atoms with Crippen LogP contribution in [-0.4, -0.2) is 29.7 Å². The normalized spacial score (nSPS) is 37.9. The number of Topliss-reactive ketones (excluding diaryl/α,β-unsaturated/α-hetero) is 1. The molecule has 1 aliphatic heterocycles. The minimum Gasteiger partial charge on any atom is -0.303 e. The third-order valence-electron chi connectivity index (χ3n) is 3.76. The van der Waals surface area contributed by atoms with Gasteiger partial charge in [0, 0.05) is 17.4 Å². The molecule has 1 aliphatic rings. The Bertz CT molecular complexity index is 317. The van der Waals surface area contributed by atoms with E-state index < -0.39 is 35.2 Å². The zero-order valence-corrected chi connectivity index (χ0v) is 12.3. The zero-order chi connectivity index (χ0) is 14.2. The van der Waals surface area contributed by atoms with E-state index in [0.717, 1.165) is 0 Å². The minimum atomic E-state index is -2.42. The lowest BCUT2D eigenvalue weighted by Crippen LogP contribution is -2.62. The maximum Gasteiger partial charge on any atom is 0.243 e. The molecule has 5 heteroatoms. The lowest BCUT2D eigenvalue weighted by Gasteiger charge is -2.44. The van der Waals surface area contributed by atoms with Crippen molar-refractivity contribution >= 4 is 17.4 Å². The van der Waals surface area contributed by atoms with Crippen molar-refractivity contribution in [1.29, 1.82) is 0 Å². The van der Waals surface area contributed by atoms with Crippen molar-refractivity contribution in [2.45, 2.75) is 58.5 Å². The largest absolute Gasteiger partial charge is 0.303 e. The van der Waals surface area contributed by atoms with Gasteiger partial charge >= 0.3 is 0 Å². The molecule has 0 aromatic rings. The third kappa shape index (κ3) is 3.02. The number of ketones is 1. The molecule has 1 saturated heterocycles. The summed E-state index contributed by atoms with van der Waals surface area (Å²) in [7, 11) is 0. The number of carbonyl (C=O) groups excluding carboxylic acids is 1. The van der Waals surface area contributed by atoms with E-state index in [2.05, 4.69) is 5.32 Å². The van der Waals surface area contributed by atoms with E-state index in [1.807, 2.05) is 20.8 Å². The van der Waals surface area contributed by atoms with Gasteiger partial charge in [0.2, 0.25) is 6.43 Å². The van der Waals surface area contributed by atoms with Crippen LogP contribution >= 0.6 is 11.6 Å². The van der Waals surface area contributed by atoms with Crippen LogP contribution in [-0.2, 0) is 4.79 Å².